The van der Waals surface area contributed by atoms with E-state index in [-0.39, 0.29) is 18.5 Å². The molecule has 2 aromatic rings. The second kappa shape index (κ2) is 7.48. The summed E-state index contributed by atoms with van der Waals surface area (Å²) in [7, 11) is 1.47. The van der Waals surface area contributed by atoms with Crippen LogP contribution in [0.5, 0.6) is 0 Å². The third kappa shape index (κ3) is 4.50. The number of methoxy groups -OCH3 is 1. The van der Waals surface area contributed by atoms with Gasteiger partial charge in [0.2, 0.25) is 11.0 Å². The Morgan fingerprint density at radius 3 is 2.91 bits per heavy atom. The van der Waals surface area contributed by atoms with E-state index in [1.807, 2.05) is 23.6 Å². The maximum Gasteiger partial charge on any atom is 0.246 e. The maximum atomic E-state index is 11.4. The molecule has 2 heterocycles. The highest BCUT2D eigenvalue weighted by Gasteiger charge is 2.07. The first-order chi connectivity index (χ1) is 10.6. The molecule has 0 saturated carbocycles. The summed E-state index contributed by atoms with van der Waals surface area (Å²) >= 11 is 1.32. The molecule has 0 bridgehead atoms. The highest BCUT2D eigenvalue weighted by molar-refractivity contribution is 7.13. The Labute approximate surface area is 131 Å². The predicted molar refractivity (Wildman–Crippen MR) is 84.5 cm³/mol. The van der Waals surface area contributed by atoms with Crippen LogP contribution >= 0.6 is 11.3 Å². The summed E-state index contributed by atoms with van der Waals surface area (Å²) in [6.07, 6.45) is 0. The minimum absolute atomic E-state index is 0.0215. The summed E-state index contributed by atoms with van der Waals surface area (Å²) in [6.45, 7) is 0.342. The second-order valence-corrected chi connectivity index (χ2v) is 5.11. The quantitative estimate of drug-likeness (QED) is 0.521. The number of rotatable bonds is 6. The number of thiazole rings is 1. The van der Waals surface area contributed by atoms with E-state index < -0.39 is 0 Å². The molecule has 0 aromatic carbocycles. The standard InChI is InChI=1S/C13H16N6O2S/c1-21-6-11(20)16-5-8-3-2-4-9(17-8)10-7-22-13(18-10)19-12(14)15/h2-4,7H,5-6H2,1H3,(H,16,20)(H4,14,15,18,19). The fourth-order valence-electron chi connectivity index (χ4n) is 1.64. The number of hydrogen-bond acceptors (Lipinski definition) is 6. The van der Waals surface area contributed by atoms with Gasteiger partial charge < -0.3 is 21.5 Å². The lowest BCUT2D eigenvalue weighted by Crippen LogP contribution is -2.26. The van der Waals surface area contributed by atoms with Crippen molar-refractivity contribution in [3.05, 3.63) is 29.3 Å². The van der Waals surface area contributed by atoms with E-state index in [2.05, 4.69) is 20.3 Å². The molecule has 9 heteroatoms. The summed E-state index contributed by atoms with van der Waals surface area (Å²) < 4.78 is 4.75. The fraction of sp³-hybridized carbons (Fsp3) is 0.231. The monoisotopic (exact) mass is 320 g/mol. The first-order valence-electron chi connectivity index (χ1n) is 6.35. The number of ether oxygens (including phenoxy) is 1. The number of nitrogens with one attached hydrogen (secondary N) is 1. The van der Waals surface area contributed by atoms with Gasteiger partial charge in [-0.25, -0.2) is 9.97 Å². The zero-order chi connectivity index (χ0) is 15.9. The Morgan fingerprint density at radius 2 is 2.18 bits per heavy atom. The van der Waals surface area contributed by atoms with Crippen molar-refractivity contribution in [2.75, 3.05) is 13.7 Å². The lowest BCUT2D eigenvalue weighted by atomic mass is 10.2. The van der Waals surface area contributed by atoms with Crippen LogP contribution in [0.1, 0.15) is 5.69 Å². The first-order valence-corrected chi connectivity index (χ1v) is 7.23. The summed E-state index contributed by atoms with van der Waals surface area (Å²) in [5, 5.41) is 5.00. The Morgan fingerprint density at radius 1 is 1.36 bits per heavy atom. The van der Waals surface area contributed by atoms with Crippen LogP contribution in [0.4, 0.5) is 5.13 Å². The molecule has 116 valence electrons. The van der Waals surface area contributed by atoms with Gasteiger partial charge in [0.1, 0.15) is 12.3 Å². The van der Waals surface area contributed by atoms with Gasteiger partial charge in [0, 0.05) is 12.5 Å². The highest BCUT2D eigenvalue weighted by atomic mass is 32.1. The molecule has 0 saturated heterocycles. The molecule has 5 N–H and O–H groups in total. The van der Waals surface area contributed by atoms with E-state index in [1.165, 1.54) is 18.4 Å². The molecule has 0 aliphatic heterocycles. The Hall–Kier alpha value is -2.52. The lowest BCUT2D eigenvalue weighted by Gasteiger charge is -2.05. The SMILES string of the molecule is COCC(=O)NCc1cccc(-c2csc(N=C(N)N)n2)n1. The van der Waals surface area contributed by atoms with Crippen molar-refractivity contribution in [1.29, 1.82) is 0 Å². The number of nitrogens with two attached hydrogens (primary N) is 2. The number of aliphatic imine (C=N–C) groups is 1. The lowest BCUT2D eigenvalue weighted by molar-refractivity contribution is -0.124. The number of hydrogen-bond donors (Lipinski definition) is 3. The largest absolute Gasteiger partial charge is 0.375 e. The Bertz CT molecular complexity index is 681. The normalized spacial score (nSPS) is 10.2. The predicted octanol–water partition coefficient (Wildman–Crippen LogP) is 0.373. The first kappa shape index (κ1) is 15.9. The average molecular weight is 320 g/mol. The molecule has 2 rings (SSSR count). The van der Waals surface area contributed by atoms with Crippen LogP contribution < -0.4 is 16.8 Å². The van der Waals surface area contributed by atoms with Crippen molar-refractivity contribution in [3.8, 4) is 11.4 Å². The molecule has 0 radical (unpaired) electrons. The van der Waals surface area contributed by atoms with Crippen molar-refractivity contribution >= 4 is 28.3 Å². The van der Waals surface area contributed by atoms with Crippen LogP contribution in [0.3, 0.4) is 0 Å². The summed E-state index contributed by atoms with van der Waals surface area (Å²) in [4.78, 5) is 24.0. The number of pyridine rings is 1. The van der Waals surface area contributed by atoms with Crippen LogP contribution in [-0.4, -0.2) is 35.6 Å². The number of nitrogens with zero attached hydrogens (tertiary/aromatic N) is 3. The minimum atomic E-state index is -0.196. The van der Waals surface area contributed by atoms with Crippen LogP contribution in [0.15, 0.2) is 28.6 Å². The molecule has 0 fully saturated rings. The van der Waals surface area contributed by atoms with Gasteiger partial charge in [0.05, 0.1) is 17.9 Å². The third-order valence-corrected chi connectivity index (χ3v) is 3.26. The van der Waals surface area contributed by atoms with Crippen LogP contribution in [-0.2, 0) is 16.1 Å². The van der Waals surface area contributed by atoms with E-state index in [1.54, 1.807) is 0 Å². The van der Waals surface area contributed by atoms with Crippen molar-refractivity contribution in [3.63, 3.8) is 0 Å². The Balaban J connectivity index is 2.09. The zero-order valence-electron chi connectivity index (χ0n) is 11.9. The highest BCUT2D eigenvalue weighted by Crippen LogP contribution is 2.25. The molecular weight excluding hydrogens is 304 g/mol. The van der Waals surface area contributed by atoms with Gasteiger partial charge in [-0.15, -0.1) is 11.3 Å². The molecule has 1 amide bonds. The molecule has 0 aliphatic carbocycles. The fourth-order valence-corrected chi connectivity index (χ4v) is 2.34. The third-order valence-electron chi connectivity index (χ3n) is 2.53. The zero-order valence-corrected chi connectivity index (χ0v) is 12.8. The van der Waals surface area contributed by atoms with E-state index in [0.29, 0.717) is 23.1 Å². The van der Waals surface area contributed by atoms with Gasteiger partial charge in [0.25, 0.3) is 0 Å². The summed E-state index contributed by atoms with van der Waals surface area (Å²) in [5.41, 5.74) is 12.7. The molecule has 0 aliphatic rings. The summed E-state index contributed by atoms with van der Waals surface area (Å²) in [6, 6.07) is 5.49. The van der Waals surface area contributed by atoms with Gasteiger partial charge in [0.15, 0.2) is 5.96 Å². The smallest absolute Gasteiger partial charge is 0.246 e. The van der Waals surface area contributed by atoms with E-state index in [4.69, 9.17) is 16.2 Å². The molecule has 0 atom stereocenters. The molecule has 22 heavy (non-hydrogen) atoms. The molecule has 0 unspecified atom stereocenters. The number of carbonyl (C=O) groups is 1. The number of guanidine groups is 1. The van der Waals surface area contributed by atoms with E-state index in [9.17, 15) is 4.79 Å². The van der Waals surface area contributed by atoms with Crippen molar-refractivity contribution in [1.82, 2.24) is 15.3 Å². The minimum Gasteiger partial charge on any atom is -0.375 e. The van der Waals surface area contributed by atoms with E-state index in [0.717, 1.165) is 5.69 Å². The van der Waals surface area contributed by atoms with Crippen molar-refractivity contribution in [2.24, 2.45) is 16.5 Å². The number of amides is 1. The molecular formula is C13H16N6O2S. The second-order valence-electron chi connectivity index (χ2n) is 4.28. The van der Waals surface area contributed by atoms with Gasteiger partial charge in [-0.2, -0.15) is 4.99 Å². The van der Waals surface area contributed by atoms with Gasteiger partial charge in [-0.3, -0.25) is 4.79 Å². The van der Waals surface area contributed by atoms with E-state index >= 15 is 0 Å². The molecule has 2 aromatic heterocycles. The van der Waals surface area contributed by atoms with Gasteiger partial charge in [-0.05, 0) is 12.1 Å². The number of carbonyl (C=O) groups excluding carboxylic acids is 1. The Kier molecular flexibility index (Phi) is 5.39. The maximum absolute atomic E-state index is 11.4. The van der Waals surface area contributed by atoms with Crippen LogP contribution in [0, 0.1) is 0 Å². The van der Waals surface area contributed by atoms with Crippen molar-refractivity contribution in [2.45, 2.75) is 6.54 Å². The van der Waals surface area contributed by atoms with Crippen LogP contribution in [0.25, 0.3) is 11.4 Å². The topological polar surface area (TPSA) is 129 Å². The van der Waals surface area contributed by atoms with Crippen LogP contribution in [0.2, 0.25) is 0 Å². The molecule has 0 spiro atoms. The average Bonchev–Trinajstić information content (AvgIpc) is 2.93. The molecule has 8 nitrogen and oxygen atoms in total. The number of aromatic nitrogens is 2. The van der Waals surface area contributed by atoms with Gasteiger partial charge in [-0.1, -0.05) is 6.07 Å². The van der Waals surface area contributed by atoms with Gasteiger partial charge >= 0.3 is 0 Å². The summed E-state index contributed by atoms with van der Waals surface area (Å²) in [5.74, 6) is -0.234. The van der Waals surface area contributed by atoms with Crippen molar-refractivity contribution < 1.29 is 9.53 Å².